The van der Waals surface area contributed by atoms with Crippen molar-refractivity contribution in [3.05, 3.63) is 65.7 Å². The van der Waals surface area contributed by atoms with Gasteiger partial charge in [-0.15, -0.1) is 0 Å². The van der Waals surface area contributed by atoms with E-state index in [1.807, 2.05) is 13.0 Å². The number of hydrogen-bond donors (Lipinski definition) is 2. The second kappa shape index (κ2) is 12.2. The number of rotatable bonds is 7. The van der Waals surface area contributed by atoms with Crippen LogP contribution in [0.1, 0.15) is 11.1 Å². The van der Waals surface area contributed by atoms with Crippen LogP contribution in [0, 0.1) is 6.92 Å². The highest BCUT2D eigenvalue weighted by Crippen LogP contribution is 2.13. The van der Waals surface area contributed by atoms with Gasteiger partial charge in [0.25, 0.3) is 10.1 Å². The van der Waals surface area contributed by atoms with Gasteiger partial charge in [0.05, 0.1) is 26.0 Å². The van der Waals surface area contributed by atoms with Crippen LogP contribution in [0.15, 0.2) is 59.5 Å². The monoisotopic (exact) mass is 430 g/mol. The number of likely N-dealkylation sites (N-methyl/N-ethyl adjacent to an activating group) is 1. The fourth-order valence-electron chi connectivity index (χ4n) is 2.28. The standard InChI is InChI=1S/C13H22NOS.C7H8O3S.H2O/c1-14(2,3)9-13(15)11-16-10-12-7-5-4-6-8-12;1-6-2-4-7(5-3-6)11(8,9)10;/h4-8,13,15H,9-11H2,1-3H3;2-5H,1H3,(H,8,9,10);1H2/q+1;;. The first kappa shape index (κ1) is 26.6. The molecule has 1 unspecified atom stereocenters. The van der Waals surface area contributed by atoms with Crippen molar-refractivity contribution in [2.45, 2.75) is 23.7 Å². The van der Waals surface area contributed by atoms with Gasteiger partial charge in [0.1, 0.15) is 12.6 Å². The number of aliphatic hydroxyl groups is 1. The third kappa shape index (κ3) is 12.1. The number of nitrogens with zero attached hydrogens (tertiary/aromatic N) is 1. The Morgan fingerprint density at radius 2 is 1.54 bits per heavy atom. The zero-order chi connectivity index (χ0) is 20.5. The van der Waals surface area contributed by atoms with Gasteiger partial charge in [0.15, 0.2) is 0 Å². The summed E-state index contributed by atoms with van der Waals surface area (Å²) >= 11 is 1.80. The summed E-state index contributed by atoms with van der Waals surface area (Å²) in [6.07, 6.45) is -0.214. The Labute approximate surface area is 172 Å². The van der Waals surface area contributed by atoms with Crippen LogP contribution in [-0.4, -0.2) is 67.6 Å². The average molecular weight is 431 g/mol. The van der Waals surface area contributed by atoms with E-state index in [9.17, 15) is 13.5 Å². The number of hydrogen-bond acceptors (Lipinski definition) is 4. The van der Waals surface area contributed by atoms with Gasteiger partial charge in [-0.1, -0.05) is 48.0 Å². The fraction of sp³-hybridized carbons (Fsp3) is 0.400. The molecule has 0 radical (unpaired) electrons. The number of thioether (sulfide) groups is 1. The molecular formula is C20H32NO5S2+. The average Bonchev–Trinajstić information content (AvgIpc) is 2.54. The molecule has 0 amide bonds. The Bertz CT molecular complexity index is 772. The lowest BCUT2D eigenvalue weighted by atomic mass is 10.2. The zero-order valence-corrected chi connectivity index (χ0v) is 18.5. The first-order valence-electron chi connectivity index (χ1n) is 8.62. The van der Waals surface area contributed by atoms with Crippen molar-refractivity contribution >= 4 is 21.9 Å². The number of quaternary nitrogens is 1. The molecule has 6 nitrogen and oxygen atoms in total. The Morgan fingerprint density at radius 3 is 2.00 bits per heavy atom. The third-order valence-corrected chi connectivity index (χ3v) is 5.52. The summed E-state index contributed by atoms with van der Waals surface area (Å²) in [5.41, 5.74) is 2.28. The van der Waals surface area contributed by atoms with Gasteiger partial charge in [0, 0.05) is 11.5 Å². The van der Waals surface area contributed by atoms with E-state index >= 15 is 0 Å². The van der Waals surface area contributed by atoms with E-state index in [2.05, 4.69) is 45.4 Å². The maximum atomic E-state index is 10.5. The molecule has 0 aliphatic rings. The Balaban J connectivity index is 0.000000535. The van der Waals surface area contributed by atoms with Crippen molar-refractivity contribution in [2.75, 3.05) is 33.4 Å². The Kier molecular flexibility index (Phi) is 11.6. The molecule has 0 heterocycles. The van der Waals surface area contributed by atoms with Gasteiger partial charge in [-0.2, -0.15) is 20.2 Å². The van der Waals surface area contributed by atoms with Gasteiger partial charge >= 0.3 is 0 Å². The van der Waals surface area contributed by atoms with Crippen molar-refractivity contribution in [3.8, 4) is 0 Å². The number of aryl methyl sites for hydroxylation is 1. The fourth-order valence-corrected chi connectivity index (χ4v) is 3.69. The van der Waals surface area contributed by atoms with Crippen molar-refractivity contribution in [2.24, 2.45) is 0 Å². The molecule has 2 aromatic rings. The van der Waals surface area contributed by atoms with Crippen LogP contribution in [0.4, 0.5) is 0 Å². The second-order valence-electron chi connectivity index (χ2n) is 7.42. The molecule has 158 valence electrons. The molecule has 28 heavy (non-hydrogen) atoms. The first-order chi connectivity index (χ1) is 12.5. The third-order valence-electron chi connectivity index (χ3n) is 3.50. The summed E-state index contributed by atoms with van der Waals surface area (Å²) in [6.45, 7) is 2.65. The molecule has 0 fully saturated rings. The molecule has 2 rings (SSSR count). The van der Waals surface area contributed by atoms with Crippen LogP contribution < -0.4 is 0 Å². The molecule has 0 saturated heterocycles. The molecule has 0 spiro atoms. The molecule has 1 atom stereocenters. The first-order valence-corrected chi connectivity index (χ1v) is 11.2. The second-order valence-corrected chi connectivity index (χ2v) is 9.87. The molecule has 8 heteroatoms. The van der Waals surface area contributed by atoms with Gasteiger partial charge in [-0.3, -0.25) is 4.55 Å². The van der Waals surface area contributed by atoms with E-state index < -0.39 is 10.1 Å². The van der Waals surface area contributed by atoms with Crippen molar-refractivity contribution < 1.29 is 28.0 Å². The predicted octanol–water partition coefficient (Wildman–Crippen LogP) is 2.40. The van der Waals surface area contributed by atoms with E-state index in [1.165, 1.54) is 17.7 Å². The number of benzene rings is 2. The van der Waals surface area contributed by atoms with Crippen LogP contribution in [0.2, 0.25) is 0 Å². The largest absolute Gasteiger partial charge is 0.412 e. The molecule has 0 aliphatic heterocycles. The Hall–Kier alpha value is -1.42. The maximum absolute atomic E-state index is 10.5. The highest BCUT2D eigenvalue weighted by molar-refractivity contribution is 7.98. The lowest BCUT2D eigenvalue weighted by molar-refractivity contribution is -0.873. The summed E-state index contributed by atoms with van der Waals surface area (Å²) in [4.78, 5) is -0.0666. The molecule has 0 aliphatic carbocycles. The Morgan fingerprint density at radius 1 is 1.00 bits per heavy atom. The quantitative estimate of drug-likeness (QED) is 0.518. The molecular weight excluding hydrogens is 398 g/mol. The van der Waals surface area contributed by atoms with Gasteiger partial charge in [0.2, 0.25) is 0 Å². The highest BCUT2D eigenvalue weighted by atomic mass is 32.2. The molecule has 4 N–H and O–H groups in total. The van der Waals surface area contributed by atoms with Gasteiger partial charge < -0.3 is 15.1 Å². The normalized spacial score (nSPS) is 12.4. The van der Waals surface area contributed by atoms with Crippen LogP contribution in [-0.2, 0) is 15.9 Å². The summed E-state index contributed by atoms with van der Waals surface area (Å²) < 4.78 is 30.4. The predicted molar refractivity (Wildman–Crippen MR) is 116 cm³/mol. The van der Waals surface area contributed by atoms with Gasteiger partial charge in [-0.05, 0) is 24.6 Å². The van der Waals surface area contributed by atoms with E-state index in [0.29, 0.717) is 0 Å². The molecule has 0 aromatic heterocycles. The summed E-state index contributed by atoms with van der Waals surface area (Å²) in [5, 5.41) is 9.83. The lowest BCUT2D eigenvalue weighted by Gasteiger charge is -2.26. The summed E-state index contributed by atoms with van der Waals surface area (Å²) in [6, 6.07) is 16.4. The topological polar surface area (TPSA) is 106 Å². The summed E-state index contributed by atoms with van der Waals surface area (Å²) in [7, 11) is 2.29. The van der Waals surface area contributed by atoms with E-state index in [-0.39, 0.29) is 16.5 Å². The minimum Gasteiger partial charge on any atom is -0.412 e. The van der Waals surface area contributed by atoms with Crippen molar-refractivity contribution in [3.63, 3.8) is 0 Å². The highest BCUT2D eigenvalue weighted by Gasteiger charge is 2.15. The van der Waals surface area contributed by atoms with Crippen LogP contribution >= 0.6 is 11.8 Å². The molecule has 0 bridgehead atoms. The smallest absolute Gasteiger partial charge is 0.294 e. The molecule has 2 aromatic carbocycles. The van der Waals surface area contributed by atoms with E-state index in [4.69, 9.17) is 4.55 Å². The van der Waals surface area contributed by atoms with Crippen LogP contribution in [0.5, 0.6) is 0 Å². The summed E-state index contributed by atoms with van der Waals surface area (Å²) in [5.74, 6) is 1.79. The maximum Gasteiger partial charge on any atom is 0.294 e. The lowest BCUT2D eigenvalue weighted by Crippen LogP contribution is -2.42. The zero-order valence-electron chi connectivity index (χ0n) is 16.9. The van der Waals surface area contributed by atoms with Gasteiger partial charge in [-0.25, -0.2) is 0 Å². The van der Waals surface area contributed by atoms with Crippen molar-refractivity contribution in [1.29, 1.82) is 0 Å². The number of aliphatic hydroxyl groups excluding tert-OH is 1. The van der Waals surface area contributed by atoms with Crippen LogP contribution in [0.25, 0.3) is 0 Å². The van der Waals surface area contributed by atoms with Crippen molar-refractivity contribution in [1.82, 2.24) is 0 Å². The van der Waals surface area contributed by atoms with E-state index in [1.54, 1.807) is 23.9 Å². The minimum absolute atomic E-state index is 0. The van der Waals surface area contributed by atoms with Crippen LogP contribution in [0.3, 0.4) is 0 Å². The molecule has 0 saturated carbocycles. The minimum atomic E-state index is -4.02. The van der Waals surface area contributed by atoms with E-state index in [0.717, 1.165) is 28.1 Å². The SMILES string of the molecule is C[N+](C)(C)CC(O)CSCc1ccccc1.Cc1ccc(S(=O)(=O)O)cc1.O.